The standard InChI is InChI=1S/C43H67N3O5/c1-26(2)36-30(48)19-43(33(49)23-46-27(3)28-21-44-25-45-22-28)18-17-41(9)29(37(36)43)11-12-32-40(8)15-14-34(51-35(50)20-38(4,5)24-47)39(6,7)31(40)13-16-42(32,41)10/h21-22,25-27,29,31-34,46-47,49H,11-20,23-24H2,1-10H3. The predicted molar refractivity (Wildman–Crippen MR) is 199 cm³/mol. The van der Waals surface area contributed by atoms with Crippen LogP contribution >= 0.6 is 0 Å². The van der Waals surface area contributed by atoms with E-state index < -0.39 is 16.9 Å². The van der Waals surface area contributed by atoms with Crippen LogP contribution in [0.25, 0.3) is 0 Å². The highest BCUT2D eigenvalue weighted by molar-refractivity contribution is 6.00. The number of carbonyl (C=O) groups is 2. The van der Waals surface area contributed by atoms with Crippen molar-refractivity contribution in [1.29, 1.82) is 0 Å². The molecule has 1 aromatic heterocycles. The summed E-state index contributed by atoms with van der Waals surface area (Å²) in [5, 5.41) is 25.5. The highest BCUT2D eigenvalue weighted by Gasteiger charge is 2.70. The van der Waals surface area contributed by atoms with E-state index in [1.807, 2.05) is 26.2 Å². The molecule has 0 aromatic carbocycles. The SMILES string of the molecule is CC(C)C1=C2C3CCC4C5(C)CCC(OC(=O)CC(C)(C)CO)C(C)(C)C5CCC4(C)C3(C)CCC2(C(O)CNC(C)c2cncnc2)CC1=O. The van der Waals surface area contributed by atoms with Gasteiger partial charge in [-0.2, -0.15) is 0 Å². The first-order valence-corrected chi connectivity index (χ1v) is 20.0. The average molecular weight is 706 g/mol. The first kappa shape index (κ1) is 38.6. The van der Waals surface area contributed by atoms with Gasteiger partial charge < -0.3 is 20.3 Å². The number of Topliss-reactive ketones (excluding diaryl/α,β-unsaturated/α-hetero) is 1. The smallest absolute Gasteiger partial charge is 0.306 e. The Morgan fingerprint density at radius 1 is 0.961 bits per heavy atom. The van der Waals surface area contributed by atoms with E-state index in [9.17, 15) is 19.8 Å². The van der Waals surface area contributed by atoms with Crippen molar-refractivity contribution in [3.8, 4) is 0 Å². The Balaban J connectivity index is 1.28. The molecule has 51 heavy (non-hydrogen) atoms. The van der Waals surface area contributed by atoms with E-state index in [2.05, 4.69) is 70.7 Å². The van der Waals surface area contributed by atoms with Gasteiger partial charge in [-0.1, -0.05) is 67.9 Å². The first-order chi connectivity index (χ1) is 23.8. The van der Waals surface area contributed by atoms with Crippen LogP contribution in [0.15, 0.2) is 29.9 Å². The molecular weight excluding hydrogens is 638 g/mol. The molecule has 4 fully saturated rings. The molecule has 0 saturated heterocycles. The van der Waals surface area contributed by atoms with Crippen molar-refractivity contribution in [2.75, 3.05) is 13.2 Å². The molecule has 3 N–H and O–H groups in total. The Labute approximate surface area is 307 Å². The number of hydrogen-bond acceptors (Lipinski definition) is 8. The van der Waals surface area contributed by atoms with Gasteiger partial charge >= 0.3 is 5.97 Å². The molecule has 5 aliphatic carbocycles. The van der Waals surface area contributed by atoms with Gasteiger partial charge in [-0.15, -0.1) is 0 Å². The largest absolute Gasteiger partial charge is 0.462 e. The lowest BCUT2D eigenvalue weighted by Gasteiger charge is -2.72. The van der Waals surface area contributed by atoms with E-state index in [1.54, 1.807) is 0 Å². The molecule has 0 radical (unpaired) electrons. The zero-order valence-corrected chi connectivity index (χ0v) is 33.3. The minimum absolute atomic E-state index is 0.0125. The summed E-state index contributed by atoms with van der Waals surface area (Å²) in [6, 6.07) is -0.0132. The second-order valence-corrected chi connectivity index (χ2v) is 20.0. The van der Waals surface area contributed by atoms with Crippen LogP contribution in [-0.4, -0.2) is 57.3 Å². The van der Waals surface area contributed by atoms with Gasteiger partial charge in [0, 0.05) is 54.4 Å². The molecule has 8 nitrogen and oxygen atoms in total. The Morgan fingerprint density at radius 3 is 2.29 bits per heavy atom. The Hall–Kier alpha value is -2.16. The Morgan fingerprint density at radius 2 is 1.65 bits per heavy atom. The molecule has 0 bridgehead atoms. The zero-order valence-electron chi connectivity index (χ0n) is 33.3. The van der Waals surface area contributed by atoms with Crippen LogP contribution in [0, 0.1) is 56.2 Å². The quantitative estimate of drug-likeness (QED) is 0.211. The van der Waals surface area contributed by atoms with Gasteiger partial charge in [0.1, 0.15) is 12.4 Å². The highest BCUT2D eigenvalue weighted by atomic mass is 16.5. The van der Waals surface area contributed by atoms with E-state index in [0.29, 0.717) is 24.8 Å². The molecule has 5 aliphatic rings. The van der Waals surface area contributed by atoms with Crippen LogP contribution in [0.2, 0.25) is 0 Å². The van der Waals surface area contributed by atoms with E-state index >= 15 is 0 Å². The number of esters is 1. The number of allylic oxidation sites excluding steroid dienone is 1. The van der Waals surface area contributed by atoms with Gasteiger partial charge in [-0.3, -0.25) is 9.59 Å². The zero-order chi connectivity index (χ0) is 37.4. The lowest BCUT2D eigenvalue weighted by atomic mass is 9.33. The first-order valence-electron chi connectivity index (χ1n) is 20.0. The fourth-order valence-electron chi connectivity index (χ4n) is 13.1. The van der Waals surface area contributed by atoms with Crippen molar-refractivity contribution >= 4 is 11.8 Å². The van der Waals surface area contributed by atoms with Gasteiger partial charge in [0.05, 0.1) is 12.5 Å². The van der Waals surface area contributed by atoms with Crippen molar-refractivity contribution in [3.63, 3.8) is 0 Å². The van der Waals surface area contributed by atoms with Crippen LogP contribution in [0.3, 0.4) is 0 Å². The van der Waals surface area contributed by atoms with Crippen molar-refractivity contribution in [3.05, 3.63) is 35.4 Å². The maximum atomic E-state index is 14.0. The number of aromatic nitrogens is 2. The van der Waals surface area contributed by atoms with Gasteiger partial charge in [0.15, 0.2) is 5.78 Å². The number of aliphatic hydroxyl groups is 2. The number of aliphatic hydroxyl groups excluding tert-OH is 2. The lowest BCUT2D eigenvalue weighted by Crippen LogP contribution is -2.66. The summed E-state index contributed by atoms with van der Waals surface area (Å²) in [6.07, 6.45) is 13.2. The molecule has 0 spiro atoms. The second-order valence-electron chi connectivity index (χ2n) is 20.0. The number of hydrogen-bond donors (Lipinski definition) is 3. The third kappa shape index (κ3) is 6.06. The molecule has 10 unspecified atom stereocenters. The van der Waals surface area contributed by atoms with Gasteiger partial charge in [0.25, 0.3) is 0 Å². The second kappa shape index (κ2) is 13.3. The number of nitrogens with one attached hydrogen (secondary N) is 1. The summed E-state index contributed by atoms with van der Waals surface area (Å²) in [4.78, 5) is 35.5. The van der Waals surface area contributed by atoms with Crippen molar-refractivity contribution < 1.29 is 24.5 Å². The van der Waals surface area contributed by atoms with Crippen molar-refractivity contribution in [2.45, 2.75) is 152 Å². The highest BCUT2D eigenvalue weighted by Crippen LogP contribution is 2.77. The fraction of sp³-hybridized carbons (Fsp3) is 0.814. The summed E-state index contributed by atoms with van der Waals surface area (Å²) in [6.45, 7) is 23.0. The molecule has 8 heteroatoms. The van der Waals surface area contributed by atoms with Crippen LogP contribution in [0.1, 0.15) is 145 Å². The summed E-state index contributed by atoms with van der Waals surface area (Å²) in [7, 11) is 0. The molecule has 1 heterocycles. The van der Waals surface area contributed by atoms with Crippen LogP contribution < -0.4 is 5.32 Å². The summed E-state index contributed by atoms with van der Waals surface area (Å²) in [5.41, 5.74) is 2.34. The molecule has 284 valence electrons. The number of nitrogens with zero attached hydrogens (tertiary/aromatic N) is 2. The third-order valence-corrected chi connectivity index (χ3v) is 16.1. The van der Waals surface area contributed by atoms with E-state index in [1.165, 1.54) is 11.9 Å². The summed E-state index contributed by atoms with van der Waals surface area (Å²) >= 11 is 0. The maximum Gasteiger partial charge on any atom is 0.306 e. The molecule has 4 saturated carbocycles. The van der Waals surface area contributed by atoms with Gasteiger partial charge in [-0.05, 0) is 109 Å². The topological polar surface area (TPSA) is 122 Å². The number of fused-ring (bicyclic) bond motifs is 7. The summed E-state index contributed by atoms with van der Waals surface area (Å²) < 4.78 is 6.27. The van der Waals surface area contributed by atoms with E-state index in [0.717, 1.165) is 62.5 Å². The van der Waals surface area contributed by atoms with Crippen molar-refractivity contribution in [1.82, 2.24) is 15.3 Å². The maximum absolute atomic E-state index is 14.0. The minimum atomic E-state index is -0.662. The number of carbonyl (C=O) groups excluding carboxylic acids is 2. The fourth-order valence-corrected chi connectivity index (χ4v) is 13.1. The predicted octanol–water partition coefficient (Wildman–Crippen LogP) is 7.79. The van der Waals surface area contributed by atoms with Gasteiger partial charge in [0.2, 0.25) is 0 Å². The van der Waals surface area contributed by atoms with Crippen LogP contribution in [0.4, 0.5) is 0 Å². The number of ether oxygens (including phenoxy) is 1. The van der Waals surface area contributed by atoms with Crippen molar-refractivity contribution in [2.24, 2.45) is 56.2 Å². The lowest BCUT2D eigenvalue weighted by molar-refractivity contribution is -0.235. The van der Waals surface area contributed by atoms with Crippen LogP contribution in [0.5, 0.6) is 0 Å². The monoisotopic (exact) mass is 706 g/mol. The average Bonchev–Trinajstić information content (AvgIpc) is 3.38. The molecule has 1 aromatic rings. The molecule has 6 rings (SSSR count). The van der Waals surface area contributed by atoms with Crippen LogP contribution in [-0.2, 0) is 14.3 Å². The van der Waals surface area contributed by atoms with Gasteiger partial charge in [-0.25, -0.2) is 9.97 Å². The minimum Gasteiger partial charge on any atom is -0.462 e. The summed E-state index contributed by atoms with van der Waals surface area (Å²) in [5.74, 6) is 1.40. The normalized spacial score (nSPS) is 38.7. The molecule has 0 aliphatic heterocycles. The third-order valence-electron chi connectivity index (χ3n) is 16.1. The Bertz CT molecular complexity index is 1520. The molecule has 10 atom stereocenters. The number of ketones is 1. The molecular formula is C43H67N3O5. The van der Waals surface area contributed by atoms with E-state index in [4.69, 9.17) is 4.74 Å². The van der Waals surface area contributed by atoms with E-state index in [-0.39, 0.29) is 70.4 Å². The Kier molecular flexibility index (Phi) is 10.1. The number of rotatable bonds is 10. The molecule has 0 amide bonds.